The molecule has 0 fully saturated rings. The standard InChI is InChI=1S/C12H10N2O4S2/c15-10(16)4-2-8-1-3-9(20-8)11(17)13-5-7-6-19-12(18)14-7/h1-4,6H,5H2,(H,13,17)(H,14,18)(H,15,16)/b4-2+. The summed E-state index contributed by atoms with van der Waals surface area (Å²) < 4.78 is 0. The molecule has 0 aliphatic carbocycles. The number of carbonyl (C=O) groups is 2. The molecule has 1 amide bonds. The van der Waals surface area contributed by atoms with Crippen molar-refractivity contribution in [3.05, 3.63) is 48.7 Å². The summed E-state index contributed by atoms with van der Waals surface area (Å²) >= 11 is 2.23. The molecular formula is C12H10N2O4S2. The highest BCUT2D eigenvalue weighted by atomic mass is 32.1. The number of hydrogen-bond acceptors (Lipinski definition) is 5. The number of thiophene rings is 1. The first-order valence-electron chi connectivity index (χ1n) is 5.50. The third kappa shape index (κ3) is 3.90. The summed E-state index contributed by atoms with van der Waals surface area (Å²) in [5.41, 5.74) is 0.649. The van der Waals surface area contributed by atoms with Crippen LogP contribution in [-0.2, 0) is 11.3 Å². The van der Waals surface area contributed by atoms with E-state index in [0.717, 1.165) is 17.4 Å². The Hall–Kier alpha value is -2.19. The van der Waals surface area contributed by atoms with Gasteiger partial charge in [-0.2, -0.15) is 0 Å². The number of aromatic nitrogens is 1. The number of nitrogens with one attached hydrogen (secondary N) is 2. The van der Waals surface area contributed by atoms with Crippen molar-refractivity contribution < 1.29 is 14.7 Å². The van der Waals surface area contributed by atoms with Crippen molar-refractivity contribution in [3.8, 4) is 0 Å². The molecule has 0 bridgehead atoms. The van der Waals surface area contributed by atoms with Crippen molar-refractivity contribution in [3.63, 3.8) is 0 Å². The van der Waals surface area contributed by atoms with E-state index in [1.165, 1.54) is 17.4 Å². The molecule has 0 radical (unpaired) electrons. The quantitative estimate of drug-likeness (QED) is 0.729. The van der Waals surface area contributed by atoms with Gasteiger partial charge in [0.05, 0.1) is 11.4 Å². The maximum absolute atomic E-state index is 11.8. The smallest absolute Gasteiger partial charge is 0.328 e. The molecule has 8 heteroatoms. The molecule has 0 spiro atoms. The van der Waals surface area contributed by atoms with Crippen LogP contribution < -0.4 is 10.2 Å². The van der Waals surface area contributed by atoms with Gasteiger partial charge < -0.3 is 15.4 Å². The zero-order chi connectivity index (χ0) is 14.5. The fourth-order valence-corrected chi connectivity index (χ4v) is 2.79. The predicted octanol–water partition coefficient (Wildman–Crippen LogP) is 1.53. The van der Waals surface area contributed by atoms with Gasteiger partial charge in [-0.15, -0.1) is 11.3 Å². The molecule has 20 heavy (non-hydrogen) atoms. The number of amides is 1. The van der Waals surface area contributed by atoms with E-state index in [2.05, 4.69) is 10.3 Å². The summed E-state index contributed by atoms with van der Waals surface area (Å²) in [5, 5.41) is 12.8. The Morgan fingerprint density at radius 1 is 1.40 bits per heavy atom. The van der Waals surface area contributed by atoms with Crippen molar-refractivity contribution in [1.29, 1.82) is 0 Å². The largest absolute Gasteiger partial charge is 0.478 e. The van der Waals surface area contributed by atoms with Gasteiger partial charge >= 0.3 is 10.8 Å². The number of aromatic amines is 1. The number of rotatable bonds is 5. The number of H-pyrrole nitrogens is 1. The maximum Gasteiger partial charge on any atom is 0.328 e. The van der Waals surface area contributed by atoms with Gasteiger partial charge in [-0.05, 0) is 18.2 Å². The van der Waals surface area contributed by atoms with E-state index in [1.807, 2.05) is 0 Å². The molecule has 3 N–H and O–H groups in total. The van der Waals surface area contributed by atoms with Crippen LogP contribution in [0.2, 0.25) is 0 Å². The average molecular weight is 310 g/mol. The van der Waals surface area contributed by atoms with Crippen molar-refractivity contribution in [2.45, 2.75) is 6.54 Å². The Bertz CT molecular complexity index is 711. The van der Waals surface area contributed by atoms with Crippen LogP contribution in [0.15, 0.2) is 28.4 Å². The Labute approximate surface area is 121 Å². The first-order valence-corrected chi connectivity index (χ1v) is 7.20. The second kappa shape index (κ2) is 6.31. The number of carbonyl (C=O) groups excluding carboxylic acids is 1. The third-order valence-electron chi connectivity index (χ3n) is 2.25. The number of carboxylic acids is 1. The van der Waals surface area contributed by atoms with Gasteiger partial charge in [0.1, 0.15) is 0 Å². The molecule has 0 saturated carbocycles. The first kappa shape index (κ1) is 14.2. The number of thiazole rings is 1. The van der Waals surface area contributed by atoms with E-state index in [1.54, 1.807) is 17.5 Å². The van der Waals surface area contributed by atoms with Gasteiger partial charge in [-0.25, -0.2) is 4.79 Å². The SMILES string of the molecule is O=C(O)/C=C/c1ccc(C(=O)NCc2csc(=O)[nH]2)s1. The molecule has 6 nitrogen and oxygen atoms in total. The fraction of sp³-hybridized carbons (Fsp3) is 0.0833. The molecule has 2 rings (SSSR count). The highest BCUT2D eigenvalue weighted by Gasteiger charge is 2.08. The Kier molecular flexibility index (Phi) is 4.49. The van der Waals surface area contributed by atoms with Crippen LogP contribution in [0.5, 0.6) is 0 Å². The van der Waals surface area contributed by atoms with Crippen molar-refractivity contribution in [2.24, 2.45) is 0 Å². The van der Waals surface area contributed by atoms with Gasteiger partial charge in [0.2, 0.25) is 0 Å². The zero-order valence-corrected chi connectivity index (χ0v) is 11.7. The molecule has 0 unspecified atom stereocenters. The Morgan fingerprint density at radius 2 is 2.20 bits per heavy atom. The molecule has 0 aromatic carbocycles. The second-order valence-corrected chi connectivity index (χ2v) is 5.69. The van der Waals surface area contributed by atoms with Crippen LogP contribution in [0, 0.1) is 0 Å². The van der Waals surface area contributed by atoms with Crippen molar-refractivity contribution >= 4 is 40.6 Å². The Morgan fingerprint density at radius 3 is 2.85 bits per heavy atom. The lowest BCUT2D eigenvalue weighted by molar-refractivity contribution is -0.131. The monoisotopic (exact) mass is 310 g/mol. The van der Waals surface area contributed by atoms with Crippen LogP contribution in [0.4, 0.5) is 0 Å². The van der Waals surface area contributed by atoms with E-state index in [-0.39, 0.29) is 17.3 Å². The van der Waals surface area contributed by atoms with Gasteiger partial charge in [0, 0.05) is 22.0 Å². The summed E-state index contributed by atoms with van der Waals surface area (Å²) in [7, 11) is 0. The second-order valence-electron chi connectivity index (χ2n) is 3.73. The molecule has 0 aliphatic heterocycles. The lowest BCUT2D eigenvalue weighted by atomic mass is 10.3. The minimum absolute atomic E-state index is 0.161. The summed E-state index contributed by atoms with van der Waals surface area (Å²) in [4.78, 5) is 36.8. The van der Waals surface area contributed by atoms with E-state index in [9.17, 15) is 14.4 Å². The maximum atomic E-state index is 11.8. The van der Waals surface area contributed by atoms with Crippen LogP contribution in [-0.4, -0.2) is 22.0 Å². The third-order valence-corrected chi connectivity index (χ3v) is 4.02. The summed E-state index contributed by atoms with van der Waals surface area (Å²) in [6, 6.07) is 3.30. The van der Waals surface area contributed by atoms with Crippen LogP contribution in [0.1, 0.15) is 20.2 Å². The molecular weight excluding hydrogens is 300 g/mol. The van der Waals surface area contributed by atoms with Crippen molar-refractivity contribution in [1.82, 2.24) is 10.3 Å². The average Bonchev–Trinajstić information content (AvgIpc) is 3.02. The molecule has 0 saturated heterocycles. The van der Waals surface area contributed by atoms with Crippen LogP contribution in [0.25, 0.3) is 6.08 Å². The van der Waals surface area contributed by atoms with E-state index < -0.39 is 5.97 Å². The highest BCUT2D eigenvalue weighted by molar-refractivity contribution is 7.14. The van der Waals surface area contributed by atoms with E-state index in [4.69, 9.17) is 5.11 Å². The summed E-state index contributed by atoms with van der Waals surface area (Å²) in [5.74, 6) is -1.30. The van der Waals surface area contributed by atoms with E-state index in [0.29, 0.717) is 15.4 Å². The van der Waals surface area contributed by atoms with Gasteiger partial charge in [-0.1, -0.05) is 11.3 Å². The summed E-state index contributed by atoms with van der Waals surface area (Å²) in [6.07, 6.45) is 2.45. The molecule has 2 aromatic heterocycles. The zero-order valence-electron chi connectivity index (χ0n) is 10.1. The lowest BCUT2D eigenvalue weighted by Gasteiger charge is -2.00. The number of carboxylic acid groups (broad SMARTS) is 1. The topological polar surface area (TPSA) is 99.3 Å². The lowest BCUT2D eigenvalue weighted by Crippen LogP contribution is -2.22. The number of aliphatic carboxylic acids is 1. The molecule has 104 valence electrons. The highest BCUT2D eigenvalue weighted by Crippen LogP contribution is 2.17. The molecule has 2 heterocycles. The fourth-order valence-electron chi connectivity index (χ4n) is 1.38. The van der Waals surface area contributed by atoms with Crippen LogP contribution in [0.3, 0.4) is 0 Å². The van der Waals surface area contributed by atoms with Crippen LogP contribution >= 0.6 is 22.7 Å². The summed E-state index contributed by atoms with van der Waals surface area (Å²) in [6.45, 7) is 0.246. The van der Waals surface area contributed by atoms with E-state index >= 15 is 0 Å². The normalized spacial score (nSPS) is 10.8. The molecule has 0 aliphatic rings. The first-order chi connectivity index (χ1) is 9.54. The number of hydrogen-bond donors (Lipinski definition) is 3. The minimum atomic E-state index is -1.04. The van der Waals surface area contributed by atoms with Gasteiger partial charge in [0.25, 0.3) is 5.91 Å². The Balaban J connectivity index is 1.95. The molecule has 0 atom stereocenters. The van der Waals surface area contributed by atoms with Gasteiger partial charge in [0.15, 0.2) is 0 Å². The molecule has 2 aromatic rings. The minimum Gasteiger partial charge on any atom is -0.478 e. The van der Waals surface area contributed by atoms with Gasteiger partial charge in [-0.3, -0.25) is 9.59 Å². The predicted molar refractivity (Wildman–Crippen MR) is 77.1 cm³/mol. The van der Waals surface area contributed by atoms with Crippen molar-refractivity contribution in [2.75, 3.05) is 0 Å².